The lowest BCUT2D eigenvalue weighted by molar-refractivity contribution is 0.407. The van der Waals surface area contributed by atoms with Gasteiger partial charge in [0.15, 0.2) is 0 Å². The van der Waals surface area contributed by atoms with Crippen LogP contribution in [-0.4, -0.2) is 12.1 Å². The Hall–Kier alpha value is -1.02. The third-order valence-electron chi connectivity index (χ3n) is 2.53. The van der Waals surface area contributed by atoms with Crippen molar-refractivity contribution in [2.24, 2.45) is 11.7 Å². The summed E-state index contributed by atoms with van der Waals surface area (Å²) in [7, 11) is 0. The summed E-state index contributed by atoms with van der Waals surface area (Å²) in [5.41, 5.74) is 6.98. The van der Waals surface area contributed by atoms with E-state index in [1.54, 1.807) is 0 Å². The van der Waals surface area contributed by atoms with Crippen molar-refractivity contribution in [3.8, 4) is 0 Å². The molecular formula is C13H22N2. The molecular weight excluding hydrogens is 184 g/mol. The van der Waals surface area contributed by atoms with Crippen LogP contribution in [0.15, 0.2) is 30.3 Å². The lowest BCUT2D eigenvalue weighted by atomic mass is 9.90. The summed E-state index contributed by atoms with van der Waals surface area (Å²) in [6.45, 7) is 7.28. The van der Waals surface area contributed by atoms with E-state index in [1.165, 1.54) is 0 Å². The highest BCUT2D eigenvalue weighted by Gasteiger charge is 2.23. The molecule has 15 heavy (non-hydrogen) atoms. The van der Waals surface area contributed by atoms with Gasteiger partial charge in [0.05, 0.1) is 0 Å². The molecule has 1 aromatic carbocycles. The molecule has 84 valence electrons. The lowest BCUT2D eigenvalue weighted by Crippen LogP contribution is -2.43. The first-order chi connectivity index (χ1) is 7.06. The van der Waals surface area contributed by atoms with Crippen molar-refractivity contribution in [2.75, 3.05) is 11.9 Å². The van der Waals surface area contributed by atoms with Crippen LogP contribution in [0.25, 0.3) is 0 Å². The lowest BCUT2D eigenvalue weighted by Gasteiger charge is -2.32. The average Bonchev–Trinajstić information content (AvgIpc) is 2.18. The standard InChI is InChI=1S/C13H22N2/c1-11(2)9-13(3,10-14)15-12-7-5-4-6-8-12/h4-8,11,15H,9-10,14H2,1-3H3. The third-order valence-corrected chi connectivity index (χ3v) is 2.53. The minimum absolute atomic E-state index is 0.00444. The molecule has 0 spiro atoms. The van der Waals surface area contributed by atoms with Crippen molar-refractivity contribution in [3.05, 3.63) is 30.3 Å². The summed E-state index contributed by atoms with van der Waals surface area (Å²) in [6.07, 6.45) is 1.08. The molecule has 0 bridgehead atoms. The number of para-hydroxylation sites is 1. The summed E-state index contributed by atoms with van der Waals surface area (Å²) in [5, 5.41) is 3.51. The second-order valence-electron chi connectivity index (χ2n) is 4.85. The Bertz CT molecular complexity index is 282. The van der Waals surface area contributed by atoms with E-state index < -0.39 is 0 Å². The molecule has 0 saturated heterocycles. The highest BCUT2D eigenvalue weighted by molar-refractivity contribution is 5.45. The third kappa shape index (κ3) is 3.92. The molecule has 0 aliphatic carbocycles. The second kappa shape index (κ2) is 5.17. The zero-order valence-corrected chi connectivity index (χ0v) is 9.96. The SMILES string of the molecule is CC(C)CC(C)(CN)Nc1ccccc1. The molecule has 0 amide bonds. The predicted octanol–water partition coefficient (Wildman–Crippen LogP) is 2.86. The summed E-state index contributed by atoms with van der Waals surface area (Å²) in [5.74, 6) is 0.648. The number of hydrogen-bond donors (Lipinski definition) is 2. The van der Waals surface area contributed by atoms with Gasteiger partial charge in [0.1, 0.15) is 0 Å². The number of anilines is 1. The first kappa shape index (κ1) is 12.1. The van der Waals surface area contributed by atoms with Crippen molar-refractivity contribution in [1.82, 2.24) is 0 Å². The number of rotatable bonds is 5. The molecule has 0 radical (unpaired) electrons. The Kier molecular flexibility index (Phi) is 4.15. The molecule has 2 nitrogen and oxygen atoms in total. The molecule has 1 unspecified atom stereocenters. The summed E-state index contributed by atoms with van der Waals surface area (Å²) in [4.78, 5) is 0. The highest BCUT2D eigenvalue weighted by Crippen LogP contribution is 2.21. The minimum Gasteiger partial charge on any atom is -0.379 e. The smallest absolute Gasteiger partial charge is 0.0470 e. The van der Waals surface area contributed by atoms with Crippen molar-refractivity contribution in [2.45, 2.75) is 32.7 Å². The first-order valence-electron chi connectivity index (χ1n) is 5.59. The van der Waals surface area contributed by atoms with Gasteiger partial charge in [0.25, 0.3) is 0 Å². The van der Waals surface area contributed by atoms with Crippen LogP contribution in [0, 0.1) is 5.92 Å². The Labute approximate surface area is 92.9 Å². The molecule has 0 aliphatic heterocycles. The van der Waals surface area contributed by atoms with Gasteiger partial charge in [-0.05, 0) is 31.4 Å². The van der Waals surface area contributed by atoms with E-state index in [4.69, 9.17) is 5.73 Å². The van der Waals surface area contributed by atoms with Gasteiger partial charge in [0.2, 0.25) is 0 Å². The van der Waals surface area contributed by atoms with Crippen LogP contribution in [0.3, 0.4) is 0 Å². The molecule has 0 saturated carbocycles. The van der Waals surface area contributed by atoms with Crippen LogP contribution < -0.4 is 11.1 Å². The molecule has 0 fully saturated rings. The Morgan fingerprint density at radius 1 is 1.27 bits per heavy atom. The number of hydrogen-bond acceptors (Lipinski definition) is 2. The van der Waals surface area contributed by atoms with Gasteiger partial charge in [-0.1, -0.05) is 32.0 Å². The topological polar surface area (TPSA) is 38.0 Å². The fourth-order valence-corrected chi connectivity index (χ4v) is 1.96. The monoisotopic (exact) mass is 206 g/mol. The zero-order valence-electron chi connectivity index (χ0n) is 9.96. The maximum atomic E-state index is 5.84. The van der Waals surface area contributed by atoms with E-state index in [2.05, 4.69) is 38.2 Å². The van der Waals surface area contributed by atoms with E-state index in [0.717, 1.165) is 12.1 Å². The molecule has 0 heterocycles. The molecule has 0 aromatic heterocycles. The predicted molar refractivity (Wildman–Crippen MR) is 67.0 cm³/mol. The molecule has 3 N–H and O–H groups in total. The molecule has 1 rings (SSSR count). The second-order valence-corrected chi connectivity index (χ2v) is 4.85. The summed E-state index contributed by atoms with van der Waals surface area (Å²) in [6, 6.07) is 10.2. The molecule has 0 aliphatic rings. The van der Waals surface area contributed by atoms with E-state index in [1.807, 2.05) is 18.2 Å². The van der Waals surface area contributed by atoms with E-state index >= 15 is 0 Å². The first-order valence-corrected chi connectivity index (χ1v) is 5.59. The maximum absolute atomic E-state index is 5.84. The van der Waals surface area contributed by atoms with Gasteiger partial charge in [-0.25, -0.2) is 0 Å². The largest absolute Gasteiger partial charge is 0.379 e. The van der Waals surface area contributed by atoms with Crippen LogP contribution in [0.4, 0.5) is 5.69 Å². The number of nitrogens with two attached hydrogens (primary N) is 1. The zero-order chi connectivity index (χ0) is 11.3. The quantitative estimate of drug-likeness (QED) is 0.777. The van der Waals surface area contributed by atoms with E-state index in [-0.39, 0.29) is 5.54 Å². The van der Waals surface area contributed by atoms with Crippen LogP contribution in [0.2, 0.25) is 0 Å². The van der Waals surface area contributed by atoms with Gasteiger partial charge in [-0.15, -0.1) is 0 Å². The fourth-order valence-electron chi connectivity index (χ4n) is 1.96. The molecule has 2 heteroatoms. The number of nitrogens with one attached hydrogen (secondary N) is 1. The van der Waals surface area contributed by atoms with Crippen molar-refractivity contribution >= 4 is 5.69 Å². The van der Waals surface area contributed by atoms with Crippen molar-refractivity contribution < 1.29 is 0 Å². The average molecular weight is 206 g/mol. The van der Waals surface area contributed by atoms with Gasteiger partial charge in [-0.3, -0.25) is 0 Å². The molecule has 1 atom stereocenters. The van der Waals surface area contributed by atoms with E-state index in [0.29, 0.717) is 12.5 Å². The van der Waals surface area contributed by atoms with Gasteiger partial charge in [-0.2, -0.15) is 0 Å². The Balaban J connectivity index is 2.68. The molecule has 1 aromatic rings. The van der Waals surface area contributed by atoms with Crippen LogP contribution in [0.1, 0.15) is 27.2 Å². The van der Waals surface area contributed by atoms with Crippen LogP contribution in [-0.2, 0) is 0 Å². The maximum Gasteiger partial charge on any atom is 0.0470 e. The highest BCUT2D eigenvalue weighted by atomic mass is 15.0. The van der Waals surface area contributed by atoms with Gasteiger partial charge >= 0.3 is 0 Å². The summed E-state index contributed by atoms with van der Waals surface area (Å²) >= 11 is 0. The van der Waals surface area contributed by atoms with Crippen molar-refractivity contribution in [1.29, 1.82) is 0 Å². The fraction of sp³-hybridized carbons (Fsp3) is 0.538. The number of benzene rings is 1. The van der Waals surface area contributed by atoms with Crippen molar-refractivity contribution in [3.63, 3.8) is 0 Å². The Morgan fingerprint density at radius 3 is 2.33 bits per heavy atom. The normalized spacial score (nSPS) is 15.0. The Morgan fingerprint density at radius 2 is 1.87 bits per heavy atom. The van der Waals surface area contributed by atoms with Gasteiger partial charge in [0, 0.05) is 17.8 Å². The summed E-state index contributed by atoms with van der Waals surface area (Å²) < 4.78 is 0. The van der Waals surface area contributed by atoms with Gasteiger partial charge < -0.3 is 11.1 Å². The van der Waals surface area contributed by atoms with Crippen LogP contribution >= 0.6 is 0 Å². The van der Waals surface area contributed by atoms with Crippen LogP contribution in [0.5, 0.6) is 0 Å². The van der Waals surface area contributed by atoms with E-state index in [9.17, 15) is 0 Å². The minimum atomic E-state index is -0.00444.